The van der Waals surface area contributed by atoms with E-state index in [4.69, 9.17) is 4.99 Å². The quantitative estimate of drug-likeness (QED) is 0.700. The fourth-order valence-corrected chi connectivity index (χ4v) is 3.37. The van der Waals surface area contributed by atoms with Crippen molar-refractivity contribution in [2.45, 2.75) is 33.2 Å². The first kappa shape index (κ1) is 14.4. The molecule has 0 atom stereocenters. The molecule has 0 aliphatic carbocycles. The average Bonchev–Trinajstić information content (AvgIpc) is 3.05. The zero-order chi connectivity index (χ0) is 14.7. The molecule has 0 bridgehead atoms. The fraction of sp³-hybridized carbons (Fsp3) is 0.600. The molecule has 0 saturated carbocycles. The largest absolute Gasteiger partial charge is 0.357 e. The smallest absolute Gasteiger partial charge is 0.194 e. The zero-order valence-electron chi connectivity index (χ0n) is 12.7. The van der Waals surface area contributed by atoms with Crippen molar-refractivity contribution < 1.29 is 0 Å². The van der Waals surface area contributed by atoms with Crippen LogP contribution in [-0.2, 0) is 6.54 Å². The molecule has 0 radical (unpaired) electrons. The molecule has 114 valence electrons. The molecule has 0 amide bonds. The van der Waals surface area contributed by atoms with Gasteiger partial charge in [0.15, 0.2) is 10.9 Å². The molecule has 2 aromatic heterocycles. The topological polar surface area (TPSA) is 44.9 Å². The highest BCUT2D eigenvalue weighted by Gasteiger charge is 2.18. The maximum absolute atomic E-state index is 4.77. The van der Waals surface area contributed by atoms with Crippen LogP contribution in [0, 0.1) is 5.92 Å². The Kier molecular flexibility index (Phi) is 4.43. The lowest BCUT2D eigenvalue weighted by Crippen LogP contribution is -2.45. The first-order valence-corrected chi connectivity index (χ1v) is 8.58. The number of nitrogens with one attached hydrogen (secondary N) is 1. The number of fused-ring (bicyclic) bond motifs is 1. The van der Waals surface area contributed by atoms with Gasteiger partial charge in [0.1, 0.15) is 0 Å². The van der Waals surface area contributed by atoms with E-state index in [1.54, 1.807) is 11.3 Å². The molecule has 1 saturated heterocycles. The summed E-state index contributed by atoms with van der Waals surface area (Å²) in [6.45, 7) is 8.20. The number of hydrogen-bond donors (Lipinski definition) is 1. The lowest BCUT2D eigenvalue weighted by Gasteiger charge is -2.32. The average molecular weight is 305 g/mol. The van der Waals surface area contributed by atoms with Crippen LogP contribution in [0.3, 0.4) is 0 Å². The number of rotatable bonds is 3. The second kappa shape index (κ2) is 6.47. The van der Waals surface area contributed by atoms with Gasteiger partial charge in [-0.2, -0.15) is 0 Å². The van der Waals surface area contributed by atoms with Gasteiger partial charge in [0, 0.05) is 37.4 Å². The van der Waals surface area contributed by atoms with Crippen molar-refractivity contribution in [2.75, 3.05) is 19.6 Å². The van der Waals surface area contributed by atoms with Crippen molar-refractivity contribution in [3.05, 3.63) is 23.5 Å². The van der Waals surface area contributed by atoms with Crippen molar-refractivity contribution in [3.63, 3.8) is 0 Å². The van der Waals surface area contributed by atoms with Crippen LogP contribution in [0.15, 0.2) is 22.8 Å². The second-order valence-corrected chi connectivity index (χ2v) is 6.54. The molecule has 21 heavy (non-hydrogen) atoms. The van der Waals surface area contributed by atoms with Gasteiger partial charge in [-0.3, -0.25) is 4.40 Å². The third-order valence-electron chi connectivity index (χ3n) is 3.95. The number of piperidine rings is 1. The van der Waals surface area contributed by atoms with Crippen LogP contribution >= 0.6 is 11.3 Å². The van der Waals surface area contributed by atoms with Crippen molar-refractivity contribution in [1.29, 1.82) is 0 Å². The molecule has 1 N–H and O–H groups in total. The van der Waals surface area contributed by atoms with Gasteiger partial charge in [0.2, 0.25) is 0 Å². The first-order valence-electron chi connectivity index (χ1n) is 7.70. The summed E-state index contributed by atoms with van der Waals surface area (Å²) in [6, 6.07) is 0. The highest BCUT2D eigenvalue weighted by Crippen LogP contribution is 2.16. The SMILES string of the molecule is CCNC(=NCc1cn2ccsc2n1)N1CCC(C)CC1. The summed E-state index contributed by atoms with van der Waals surface area (Å²) in [5.41, 5.74) is 1.03. The zero-order valence-corrected chi connectivity index (χ0v) is 13.6. The molecule has 1 fully saturated rings. The summed E-state index contributed by atoms with van der Waals surface area (Å²) < 4.78 is 2.06. The van der Waals surface area contributed by atoms with Crippen molar-refractivity contribution in [3.8, 4) is 0 Å². The summed E-state index contributed by atoms with van der Waals surface area (Å²) in [5, 5.41) is 5.46. The molecule has 0 spiro atoms. The normalized spacial score (nSPS) is 17.6. The van der Waals surface area contributed by atoms with E-state index in [0.29, 0.717) is 6.54 Å². The second-order valence-electron chi connectivity index (χ2n) is 5.66. The minimum absolute atomic E-state index is 0.642. The van der Waals surface area contributed by atoms with Crippen LogP contribution in [0.1, 0.15) is 32.4 Å². The number of guanidine groups is 1. The first-order chi connectivity index (χ1) is 10.3. The van der Waals surface area contributed by atoms with Crippen LogP contribution < -0.4 is 5.32 Å². The number of imidazole rings is 1. The number of likely N-dealkylation sites (tertiary alicyclic amines) is 1. The summed E-state index contributed by atoms with van der Waals surface area (Å²) in [7, 11) is 0. The standard InChI is InChI=1S/C15H23N5S/c1-3-16-14(19-6-4-12(2)5-7-19)17-10-13-11-20-8-9-21-15(20)18-13/h8-9,11-12H,3-7,10H2,1-2H3,(H,16,17). The van der Waals surface area contributed by atoms with Crippen LogP contribution in [0.25, 0.3) is 4.96 Å². The molecule has 2 aromatic rings. The highest BCUT2D eigenvalue weighted by atomic mass is 32.1. The lowest BCUT2D eigenvalue weighted by molar-refractivity contribution is 0.273. The van der Waals surface area contributed by atoms with Gasteiger partial charge in [-0.05, 0) is 25.7 Å². The maximum atomic E-state index is 4.77. The van der Waals surface area contributed by atoms with Gasteiger partial charge < -0.3 is 10.2 Å². The predicted octanol–water partition coefficient (Wildman–Crippen LogP) is 2.59. The van der Waals surface area contributed by atoms with Gasteiger partial charge in [0.25, 0.3) is 0 Å². The van der Waals surface area contributed by atoms with E-state index >= 15 is 0 Å². The van der Waals surface area contributed by atoms with E-state index in [2.05, 4.69) is 39.6 Å². The Hall–Kier alpha value is -1.56. The Morgan fingerprint density at radius 2 is 2.29 bits per heavy atom. The molecule has 5 nitrogen and oxygen atoms in total. The number of thiazole rings is 1. The number of hydrogen-bond acceptors (Lipinski definition) is 3. The van der Waals surface area contributed by atoms with Gasteiger partial charge in [-0.15, -0.1) is 11.3 Å². The van der Waals surface area contributed by atoms with Crippen molar-refractivity contribution in [2.24, 2.45) is 10.9 Å². The predicted molar refractivity (Wildman–Crippen MR) is 87.9 cm³/mol. The minimum Gasteiger partial charge on any atom is -0.357 e. The summed E-state index contributed by atoms with van der Waals surface area (Å²) >= 11 is 1.66. The van der Waals surface area contributed by atoms with Gasteiger partial charge in [-0.1, -0.05) is 6.92 Å². The van der Waals surface area contributed by atoms with Crippen LogP contribution in [0.5, 0.6) is 0 Å². The Morgan fingerprint density at radius 3 is 3.00 bits per heavy atom. The van der Waals surface area contributed by atoms with E-state index < -0.39 is 0 Å². The Bertz CT molecular complexity index is 578. The monoisotopic (exact) mass is 305 g/mol. The molecule has 0 aromatic carbocycles. The molecule has 1 aliphatic heterocycles. The molecule has 3 rings (SSSR count). The Balaban J connectivity index is 1.69. The van der Waals surface area contributed by atoms with Crippen LogP contribution in [0.4, 0.5) is 0 Å². The van der Waals surface area contributed by atoms with E-state index in [-0.39, 0.29) is 0 Å². The highest BCUT2D eigenvalue weighted by molar-refractivity contribution is 7.15. The summed E-state index contributed by atoms with van der Waals surface area (Å²) in [4.78, 5) is 12.8. The maximum Gasteiger partial charge on any atom is 0.194 e. The summed E-state index contributed by atoms with van der Waals surface area (Å²) in [5.74, 6) is 1.87. The van der Waals surface area contributed by atoms with Crippen molar-refractivity contribution in [1.82, 2.24) is 19.6 Å². The minimum atomic E-state index is 0.642. The summed E-state index contributed by atoms with van der Waals surface area (Å²) in [6.07, 6.45) is 6.61. The third kappa shape index (κ3) is 3.37. The van der Waals surface area contributed by atoms with Crippen molar-refractivity contribution >= 4 is 22.3 Å². The van der Waals surface area contributed by atoms with E-state index in [0.717, 1.165) is 42.2 Å². The van der Waals surface area contributed by atoms with E-state index in [9.17, 15) is 0 Å². The van der Waals surface area contributed by atoms with Crippen LogP contribution in [0.2, 0.25) is 0 Å². The number of aromatic nitrogens is 2. The van der Waals surface area contributed by atoms with Gasteiger partial charge in [0.05, 0.1) is 12.2 Å². The third-order valence-corrected chi connectivity index (χ3v) is 4.72. The molecule has 3 heterocycles. The molecular weight excluding hydrogens is 282 g/mol. The lowest BCUT2D eigenvalue weighted by atomic mass is 10.00. The van der Waals surface area contributed by atoms with E-state index in [1.807, 2.05) is 11.6 Å². The Morgan fingerprint density at radius 1 is 1.48 bits per heavy atom. The number of aliphatic imine (C=N–C) groups is 1. The molecule has 1 aliphatic rings. The fourth-order valence-electron chi connectivity index (χ4n) is 2.65. The number of nitrogens with zero attached hydrogens (tertiary/aromatic N) is 4. The van der Waals surface area contributed by atoms with Gasteiger partial charge >= 0.3 is 0 Å². The molecule has 0 unspecified atom stereocenters. The molecular formula is C15H23N5S. The molecule has 6 heteroatoms. The Labute approximate surface area is 129 Å². The van der Waals surface area contributed by atoms with Crippen LogP contribution in [-0.4, -0.2) is 39.9 Å². The van der Waals surface area contributed by atoms with E-state index in [1.165, 1.54) is 12.8 Å². The van der Waals surface area contributed by atoms with Gasteiger partial charge in [-0.25, -0.2) is 9.98 Å².